The minimum Gasteiger partial charge on any atom is -0.349 e. The van der Waals surface area contributed by atoms with Crippen LogP contribution < -0.4 is 5.32 Å². The Labute approximate surface area is 138 Å². The van der Waals surface area contributed by atoms with Crippen LogP contribution in [0.5, 0.6) is 0 Å². The predicted octanol–water partition coefficient (Wildman–Crippen LogP) is 2.81. The zero-order valence-electron chi connectivity index (χ0n) is 14.0. The van der Waals surface area contributed by atoms with Crippen LogP contribution >= 0.6 is 0 Å². The Morgan fingerprint density at radius 2 is 2.17 bits per heavy atom. The van der Waals surface area contributed by atoms with E-state index in [1.165, 1.54) is 11.6 Å². The van der Waals surface area contributed by atoms with Gasteiger partial charge in [0.05, 0.1) is 5.92 Å². The molecule has 0 spiro atoms. The highest BCUT2D eigenvalue weighted by atomic mass is 16.2. The van der Waals surface area contributed by atoms with Gasteiger partial charge in [-0.15, -0.1) is 0 Å². The maximum atomic E-state index is 12.9. The lowest BCUT2D eigenvalue weighted by atomic mass is 10.0. The monoisotopic (exact) mass is 314 g/mol. The van der Waals surface area contributed by atoms with Gasteiger partial charge in [0.15, 0.2) is 0 Å². The number of nitrogens with zero attached hydrogens (tertiary/aromatic N) is 1. The Morgan fingerprint density at radius 1 is 1.39 bits per heavy atom. The molecule has 1 aliphatic carbocycles. The molecule has 4 nitrogen and oxygen atoms in total. The van der Waals surface area contributed by atoms with Crippen molar-refractivity contribution in [2.24, 2.45) is 5.92 Å². The second-order valence-electron chi connectivity index (χ2n) is 6.20. The number of carbonyl (C=O) groups is 2. The lowest BCUT2D eigenvalue weighted by Crippen LogP contribution is -2.45. The Kier molecular flexibility index (Phi) is 5.97. The van der Waals surface area contributed by atoms with E-state index in [0.717, 1.165) is 24.8 Å². The Morgan fingerprint density at radius 3 is 2.83 bits per heavy atom. The molecule has 2 rings (SSSR count). The van der Waals surface area contributed by atoms with Gasteiger partial charge < -0.3 is 10.2 Å². The summed E-state index contributed by atoms with van der Waals surface area (Å²) in [5, 5.41) is 2.91. The highest BCUT2D eigenvalue weighted by Crippen LogP contribution is 2.28. The van der Waals surface area contributed by atoms with Gasteiger partial charge in [-0.05, 0) is 38.3 Å². The third-order valence-electron chi connectivity index (χ3n) is 4.50. The van der Waals surface area contributed by atoms with E-state index in [1.807, 2.05) is 17.9 Å². The molecule has 0 heterocycles. The first-order chi connectivity index (χ1) is 11.0. The van der Waals surface area contributed by atoms with Crippen LogP contribution in [-0.2, 0) is 16.1 Å². The molecule has 0 radical (unpaired) electrons. The van der Waals surface area contributed by atoms with Crippen molar-refractivity contribution < 1.29 is 9.59 Å². The van der Waals surface area contributed by atoms with E-state index in [0.29, 0.717) is 13.1 Å². The molecule has 124 valence electrons. The SMILES string of the molecule is C=CC(=O)N[C@@H]1CCC[C@@H]1C(=O)N(CC)Cc1cccc(C)c1. The van der Waals surface area contributed by atoms with Crippen LogP contribution in [-0.4, -0.2) is 29.3 Å². The fourth-order valence-corrected chi connectivity index (χ4v) is 3.28. The van der Waals surface area contributed by atoms with Crippen LogP contribution in [0.25, 0.3) is 0 Å². The average molecular weight is 314 g/mol. The largest absolute Gasteiger partial charge is 0.349 e. The Balaban J connectivity index is 2.06. The molecule has 0 aromatic heterocycles. The van der Waals surface area contributed by atoms with Crippen LogP contribution in [0.3, 0.4) is 0 Å². The molecule has 0 bridgehead atoms. The maximum Gasteiger partial charge on any atom is 0.243 e. The number of nitrogens with one attached hydrogen (secondary N) is 1. The second kappa shape index (κ2) is 7.95. The van der Waals surface area contributed by atoms with Gasteiger partial charge in [-0.25, -0.2) is 0 Å². The molecular weight excluding hydrogens is 288 g/mol. The molecule has 0 unspecified atom stereocenters. The van der Waals surface area contributed by atoms with Crippen molar-refractivity contribution in [3.05, 3.63) is 48.0 Å². The van der Waals surface area contributed by atoms with Gasteiger partial charge in [-0.3, -0.25) is 9.59 Å². The third-order valence-corrected chi connectivity index (χ3v) is 4.50. The van der Waals surface area contributed by atoms with Gasteiger partial charge >= 0.3 is 0 Å². The molecule has 2 amide bonds. The fraction of sp³-hybridized carbons (Fsp3) is 0.474. The maximum absolute atomic E-state index is 12.9. The van der Waals surface area contributed by atoms with Gasteiger partial charge in [0.25, 0.3) is 0 Å². The summed E-state index contributed by atoms with van der Waals surface area (Å²) in [6.45, 7) is 8.83. The van der Waals surface area contributed by atoms with Crippen molar-refractivity contribution in [3.63, 3.8) is 0 Å². The summed E-state index contributed by atoms with van der Waals surface area (Å²) >= 11 is 0. The summed E-state index contributed by atoms with van der Waals surface area (Å²) in [4.78, 5) is 26.3. The molecule has 23 heavy (non-hydrogen) atoms. The van der Waals surface area contributed by atoms with E-state index < -0.39 is 0 Å². The zero-order valence-corrected chi connectivity index (χ0v) is 14.0. The summed E-state index contributed by atoms with van der Waals surface area (Å²) in [7, 11) is 0. The van der Waals surface area contributed by atoms with Gasteiger partial charge in [0.2, 0.25) is 11.8 Å². The highest BCUT2D eigenvalue weighted by molar-refractivity contribution is 5.88. The van der Waals surface area contributed by atoms with Gasteiger partial charge in [-0.2, -0.15) is 0 Å². The Hall–Kier alpha value is -2.10. The molecule has 0 saturated heterocycles. The molecule has 1 aromatic carbocycles. The topological polar surface area (TPSA) is 49.4 Å². The molecule has 1 fully saturated rings. The summed E-state index contributed by atoms with van der Waals surface area (Å²) in [6.07, 6.45) is 3.94. The lowest BCUT2D eigenvalue weighted by molar-refractivity contribution is -0.136. The molecular formula is C19H26N2O2. The van der Waals surface area contributed by atoms with E-state index in [4.69, 9.17) is 0 Å². The van der Waals surface area contributed by atoms with E-state index >= 15 is 0 Å². The minimum absolute atomic E-state index is 0.0699. The van der Waals surface area contributed by atoms with Crippen molar-refractivity contribution in [1.82, 2.24) is 10.2 Å². The molecule has 1 aliphatic rings. The standard InChI is InChI=1S/C19H26N2O2/c1-4-18(22)20-17-11-7-10-16(17)19(23)21(5-2)13-15-9-6-8-14(3)12-15/h4,6,8-9,12,16-17H,1,5,7,10-11,13H2,2-3H3,(H,20,22)/t16-,17+/m0/s1. The van der Waals surface area contributed by atoms with Gasteiger partial charge in [0.1, 0.15) is 0 Å². The van der Waals surface area contributed by atoms with Gasteiger partial charge in [0, 0.05) is 19.1 Å². The van der Waals surface area contributed by atoms with Crippen LogP contribution in [0.4, 0.5) is 0 Å². The molecule has 0 aliphatic heterocycles. The first-order valence-corrected chi connectivity index (χ1v) is 8.32. The van der Waals surface area contributed by atoms with Crippen molar-refractivity contribution in [2.75, 3.05) is 6.54 Å². The van der Waals surface area contributed by atoms with Crippen molar-refractivity contribution >= 4 is 11.8 Å². The first-order valence-electron chi connectivity index (χ1n) is 8.32. The zero-order chi connectivity index (χ0) is 16.8. The molecule has 4 heteroatoms. The Bertz CT molecular complexity index is 582. The smallest absolute Gasteiger partial charge is 0.243 e. The van der Waals surface area contributed by atoms with Crippen molar-refractivity contribution in [2.45, 2.75) is 45.7 Å². The summed E-state index contributed by atoms with van der Waals surface area (Å²) in [5.41, 5.74) is 2.34. The number of carbonyl (C=O) groups excluding carboxylic acids is 2. The van der Waals surface area contributed by atoms with Gasteiger partial charge in [-0.1, -0.05) is 42.8 Å². The minimum atomic E-state index is -0.198. The van der Waals surface area contributed by atoms with Crippen molar-refractivity contribution in [1.29, 1.82) is 0 Å². The first kappa shape index (κ1) is 17.3. The third kappa shape index (κ3) is 4.44. The number of rotatable bonds is 6. The molecule has 1 aromatic rings. The van der Waals surface area contributed by atoms with E-state index in [-0.39, 0.29) is 23.8 Å². The molecule has 2 atom stereocenters. The number of hydrogen-bond donors (Lipinski definition) is 1. The van der Waals surface area contributed by atoms with Crippen molar-refractivity contribution in [3.8, 4) is 0 Å². The predicted molar refractivity (Wildman–Crippen MR) is 91.7 cm³/mol. The number of aryl methyl sites for hydroxylation is 1. The van der Waals surface area contributed by atoms with Crippen LogP contribution in [0.2, 0.25) is 0 Å². The van der Waals surface area contributed by atoms with E-state index in [2.05, 4.69) is 37.0 Å². The van der Waals surface area contributed by atoms with E-state index in [1.54, 1.807) is 0 Å². The average Bonchev–Trinajstić information content (AvgIpc) is 3.00. The molecule has 1 saturated carbocycles. The summed E-state index contributed by atoms with van der Waals surface area (Å²) in [5.74, 6) is -0.180. The highest BCUT2D eigenvalue weighted by Gasteiger charge is 2.35. The van der Waals surface area contributed by atoms with Crippen LogP contribution in [0.15, 0.2) is 36.9 Å². The number of hydrogen-bond acceptors (Lipinski definition) is 2. The van der Waals surface area contributed by atoms with Crippen LogP contribution in [0, 0.1) is 12.8 Å². The molecule has 1 N–H and O–H groups in total. The summed E-state index contributed by atoms with van der Waals surface area (Å²) in [6, 6.07) is 8.17. The normalized spacial score (nSPS) is 20.1. The fourth-order valence-electron chi connectivity index (χ4n) is 3.28. The lowest BCUT2D eigenvalue weighted by Gasteiger charge is -2.28. The van der Waals surface area contributed by atoms with Crippen LogP contribution in [0.1, 0.15) is 37.3 Å². The second-order valence-corrected chi connectivity index (χ2v) is 6.20. The quantitative estimate of drug-likeness (QED) is 0.821. The number of amides is 2. The number of benzene rings is 1. The van der Waals surface area contributed by atoms with E-state index in [9.17, 15) is 9.59 Å². The summed E-state index contributed by atoms with van der Waals surface area (Å²) < 4.78 is 0.